The van der Waals surface area contributed by atoms with Crippen LogP contribution in [0.2, 0.25) is 0 Å². The van der Waals surface area contributed by atoms with Crippen LogP contribution >= 0.6 is 0 Å². The third-order valence-electron chi connectivity index (χ3n) is 3.71. The third kappa shape index (κ3) is 4.47. The van der Waals surface area contributed by atoms with E-state index in [0.29, 0.717) is 11.2 Å². The van der Waals surface area contributed by atoms with Crippen molar-refractivity contribution in [3.63, 3.8) is 0 Å². The molecule has 0 aliphatic carbocycles. The van der Waals surface area contributed by atoms with E-state index in [4.69, 9.17) is 15.2 Å². The summed E-state index contributed by atoms with van der Waals surface area (Å²) in [5.41, 5.74) is 7.99. The molecule has 0 saturated heterocycles. The molecular weight excluding hydrogens is 352 g/mol. The number of hydrogen-bond acceptors (Lipinski definition) is 8. The van der Waals surface area contributed by atoms with Crippen molar-refractivity contribution >= 4 is 22.8 Å². The average Bonchev–Trinajstić information content (AvgIpc) is 2.93. The van der Waals surface area contributed by atoms with E-state index in [0.717, 1.165) is 11.3 Å². The summed E-state index contributed by atoms with van der Waals surface area (Å²) in [4.78, 5) is 38.3. The number of Topliss-reactive ketones (excluding diaryl/α,β-unsaturated/α-hetero) is 1. The molecular formula is C17H20N6O4. The van der Waals surface area contributed by atoms with Crippen LogP contribution in [0.3, 0.4) is 0 Å². The minimum atomic E-state index is -0.353. The van der Waals surface area contributed by atoms with Crippen molar-refractivity contribution in [1.82, 2.24) is 24.5 Å². The van der Waals surface area contributed by atoms with Gasteiger partial charge in [0.15, 0.2) is 17.2 Å². The van der Waals surface area contributed by atoms with E-state index in [1.807, 2.05) is 19.1 Å². The second-order valence-electron chi connectivity index (χ2n) is 6.02. The summed E-state index contributed by atoms with van der Waals surface area (Å²) in [6.07, 6.45) is 1.70. The van der Waals surface area contributed by atoms with Gasteiger partial charge in [0, 0.05) is 11.9 Å². The Morgan fingerprint density at radius 2 is 2.11 bits per heavy atom. The van der Waals surface area contributed by atoms with E-state index in [2.05, 4.69) is 19.9 Å². The minimum absolute atomic E-state index is 0.0212. The standard InChI is InChI=1S/C17H20N6O4/c1-10-3-4-12(7-19-10)8-23-15-13(20-17(23)25)14(18)21-16(22-15)27-6-5-26-9-11(2)24/h3-4,7H,5-6,8-9H2,1-2H3,(H,20,25)(H2,18,21,22). The summed E-state index contributed by atoms with van der Waals surface area (Å²) in [5.74, 6) is 0.0383. The zero-order chi connectivity index (χ0) is 19.4. The number of carbonyl (C=O) groups is 1. The molecule has 10 heteroatoms. The Kier molecular flexibility index (Phi) is 5.46. The Labute approximate surface area is 154 Å². The number of imidazole rings is 1. The molecule has 0 aliphatic rings. The number of aryl methyl sites for hydroxylation is 1. The first kappa shape index (κ1) is 18.5. The minimum Gasteiger partial charge on any atom is -0.461 e. The second-order valence-corrected chi connectivity index (χ2v) is 6.02. The molecule has 0 spiro atoms. The number of rotatable bonds is 8. The SMILES string of the molecule is CC(=O)COCCOc1nc(N)c2[nH]c(=O)n(Cc3ccc(C)nc3)c2n1. The van der Waals surface area contributed by atoms with Crippen LogP contribution < -0.4 is 16.2 Å². The van der Waals surface area contributed by atoms with E-state index < -0.39 is 0 Å². The van der Waals surface area contributed by atoms with Gasteiger partial charge < -0.3 is 20.2 Å². The van der Waals surface area contributed by atoms with E-state index >= 15 is 0 Å². The van der Waals surface area contributed by atoms with Crippen molar-refractivity contribution in [1.29, 1.82) is 0 Å². The number of hydrogen-bond donors (Lipinski definition) is 2. The van der Waals surface area contributed by atoms with E-state index in [1.165, 1.54) is 11.5 Å². The Morgan fingerprint density at radius 3 is 2.81 bits per heavy atom. The monoisotopic (exact) mass is 372 g/mol. The third-order valence-corrected chi connectivity index (χ3v) is 3.71. The molecule has 3 aromatic rings. The molecule has 27 heavy (non-hydrogen) atoms. The molecule has 0 atom stereocenters. The lowest BCUT2D eigenvalue weighted by Gasteiger charge is -2.07. The molecule has 3 aromatic heterocycles. The summed E-state index contributed by atoms with van der Waals surface area (Å²) in [7, 11) is 0. The number of aromatic nitrogens is 5. The van der Waals surface area contributed by atoms with Gasteiger partial charge in [-0.15, -0.1) is 0 Å². The summed E-state index contributed by atoms with van der Waals surface area (Å²) < 4.78 is 12.0. The van der Waals surface area contributed by atoms with Gasteiger partial charge in [0.1, 0.15) is 18.7 Å². The number of nitrogens with one attached hydrogen (secondary N) is 1. The Morgan fingerprint density at radius 1 is 1.30 bits per heavy atom. The quantitative estimate of drug-likeness (QED) is 0.543. The van der Waals surface area contributed by atoms with Gasteiger partial charge in [-0.3, -0.25) is 14.3 Å². The van der Waals surface area contributed by atoms with Gasteiger partial charge in [0.25, 0.3) is 0 Å². The molecule has 0 amide bonds. The van der Waals surface area contributed by atoms with Gasteiger partial charge in [-0.25, -0.2) is 4.79 Å². The van der Waals surface area contributed by atoms with Crippen LogP contribution in [-0.2, 0) is 16.1 Å². The fraction of sp³-hybridized carbons (Fsp3) is 0.353. The van der Waals surface area contributed by atoms with Crippen LogP contribution in [0, 0.1) is 6.92 Å². The molecule has 0 saturated carbocycles. The molecule has 0 radical (unpaired) electrons. The Bertz CT molecular complexity index is 1010. The Balaban J connectivity index is 1.81. The van der Waals surface area contributed by atoms with E-state index in [1.54, 1.807) is 6.20 Å². The number of ether oxygens (including phenoxy) is 2. The molecule has 0 aromatic carbocycles. The molecule has 3 rings (SSSR count). The number of carbonyl (C=O) groups excluding carboxylic acids is 1. The molecule has 3 N–H and O–H groups in total. The highest BCUT2D eigenvalue weighted by molar-refractivity contribution is 5.82. The van der Waals surface area contributed by atoms with E-state index in [-0.39, 0.29) is 49.7 Å². The van der Waals surface area contributed by atoms with Crippen molar-refractivity contribution in [2.75, 3.05) is 25.6 Å². The maximum absolute atomic E-state index is 12.3. The van der Waals surface area contributed by atoms with E-state index in [9.17, 15) is 9.59 Å². The molecule has 0 bridgehead atoms. The first-order chi connectivity index (χ1) is 12.9. The largest absolute Gasteiger partial charge is 0.461 e. The number of nitrogen functional groups attached to an aromatic ring is 1. The Hall–Kier alpha value is -3.27. The summed E-state index contributed by atoms with van der Waals surface area (Å²) in [5, 5.41) is 0. The van der Waals surface area contributed by atoms with Crippen LogP contribution in [0.25, 0.3) is 11.2 Å². The van der Waals surface area contributed by atoms with Crippen LogP contribution in [0.1, 0.15) is 18.2 Å². The maximum atomic E-state index is 12.3. The zero-order valence-corrected chi connectivity index (χ0v) is 15.1. The van der Waals surface area contributed by atoms with Crippen LogP contribution in [-0.4, -0.2) is 50.1 Å². The van der Waals surface area contributed by atoms with Crippen molar-refractivity contribution < 1.29 is 14.3 Å². The number of ketones is 1. The van der Waals surface area contributed by atoms with Crippen LogP contribution in [0.5, 0.6) is 6.01 Å². The fourth-order valence-electron chi connectivity index (χ4n) is 2.42. The van der Waals surface area contributed by atoms with Crippen LogP contribution in [0.4, 0.5) is 5.82 Å². The highest BCUT2D eigenvalue weighted by Gasteiger charge is 2.15. The molecule has 10 nitrogen and oxygen atoms in total. The highest BCUT2D eigenvalue weighted by Crippen LogP contribution is 2.18. The first-order valence-corrected chi connectivity index (χ1v) is 8.31. The number of aromatic amines is 1. The molecule has 3 heterocycles. The average molecular weight is 372 g/mol. The number of fused-ring (bicyclic) bond motifs is 1. The lowest BCUT2D eigenvalue weighted by atomic mass is 10.2. The van der Waals surface area contributed by atoms with Gasteiger partial charge in [0.05, 0.1) is 13.2 Å². The number of nitrogens with zero attached hydrogens (tertiary/aromatic N) is 4. The molecule has 142 valence electrons. The fourth-order valence-corrected chi connectivity index (χ4v) is 2.42. The predicted octanol–water partition coefficient (Wildman–Crippen LogP) is 0.438. The van der Waals surface area contributed by atoms with Gasteiger partial charge in [-0.05, 0) is 25.5 Å². The second kappa shape index (κ2) is 7.96. The first-order valence-electron chi connectivity index (χ1n) is 8.31. The number of nitrogens with two attached hydrogens (primary N) is 1. The lowest BCUT2D eigenvalue weighted by Crippen LogP contribution is -2.18. The zero-order valence-electron chi connectivity index (χ0n) is 15.1. The van der Waals surface area contributed by atoms with Crippen molar-refractivity contribution in [2.45, 2.75) is 20.4 Å². The number of H-pyrrole nitrogens is 1. The topological polar surface area (TPSA) is 138 Å². The number of pyridine rings is 1. The van der Waals surface area contributed by atoms with Gasteiger partial charge in [0.2, 0.25) is 0 Å². The van der Waals surface area contributed by atoms with Crippen LogP contribution in [0.15, 0.2) is 23.1 Å². The van der Waals surface area contributed by atoms with Gasteiger partial charge >= 0.3 is 11.7 Å². The predicted molar refractivity (Wildman–Crippen MR) is 97.6 cm³/mol. The van der Waals surface area contributed by atoms with Crippen molar-refractivity contribution in [3.05, 3.63) is 40.1 Å². The lowest BCUT2D eigenvalue weighted by molar-refractivity contribution is -0.121. The summed E-state index contributed by atoms with van der Waals surface area (Å²) in [6, 6.07) is 3.79. The molecule has 0 unspecified atom stereocenters. The normalized spacial score (nSPS) is 11.0. The van der Waals surface area contributed by atoms with Crippen molar-refractivity contribution in [3.8, 4) is 6.01 Å². The van der Waals surface area contributed by atoms with Gasteiger partial charge in [-0.2, -0.15) is 9.97 Å². The maximum Gasteiger partial charge on any atom is 0.328 e. The molecule has 0 aliphatic heterocycles. The molecule has 0 fully saturated rings. The van der Waals surface area contributed by atoms with Gasteiger partial charge in [-0.1, -0.05) is 6.07 Å². The highest BCUT2D eigenvalue weighted by atomic mass is 16.5. The van der Waals surface area contributed by atoms with Crippen molar-refractivity contribution in [2.24, 2.45) is 0 Å². The summed E-state index contributed by atoms with van der Waals surface area (Å²) in [6.45, 7) is 3.98. The summed E-state index contributed by atoms with van der Waals surface area (Å²) >= 11 is 0. The number of anilines is 1. The smallest absolute Gasteiger partial charge is 0.328 e.